The fourth-order valence-corrected chi connectivity index (χ4v) is 4.62. The minimum absolute atomic E-state index is 0.0297. The van der Waals surface area contributed by atoms with Crippen molar-refractivity contribution in [2.45, 2.75) is 33.0 Å². The number of benzene rings is 1. The van der Waals surface area contributed by atoms with Crippen LogP contribution in [0.1, 0.15) is 25.0 Å². The third kappa shape index (κ3) is 7.86. The second kappa shape index (κ2) is 11.6. The number of sulfonamides is 1. The Morgan fingerprint density at radius 3 is 2.27 bits per heavy atom. The number of nitrogens with zero attached hydrogens (tertiary/aromatic N) is 4. The highest BCUT2D eigenvalue weighted by Crippen LogP contribution is 2.10. The predicted octanol–water partition coefficient (Wildman–Crippen LogP) is 1.20. The van der Waals surface area contributed by atoms with E-state index in [1.807, 2.05) is 13.8 Å². The largest absolute Gasteiger partial charge is 0.378 e. The Morgan fingerprint density at radius 1 is 1.13 bits per heavy atom. The minimum atomic E-state index is -3.29. The van der Waals surface area contributed by atoms with Crippen molar-refractivity contribution in [3.05, 3.63) is 35.4 Å². The summed E-state index contributed by atoms with van der Waals surface area (Å²) in [5.74, 6) is 0.828. The normalized spacial score (nSPS) is 16.5. The van der Waals surface area contributed by atoms with Gasteiger partial charge in [-0.3, -0.25) is 4.99 Å². The highest BCUT2D eigenvalue weighted by molar-refractivity contribution is 7.89. The van der Waals surface area contributed by atoms with Gasteiger partial charge in [0.05, 0.1) is 18.5 Å². The van der Waals surface area contributed by atoms with Crippen molar-refractivity contribution >= 4 is 16.0 Å². The topological polar surface area (TPSA) is 77.5 Å². The molecule has 0 spiro atoms. The third-order valence-corrected chi connectivity index (χ3v) is 6.74. The Balaban J connectivity index is 1.82. The molecule has 0 saturated carbocycles. The van der Waals surface area contributed by atoms with Gasteiger partial charge in [-0.05, 0) is 39.1 Å². The van der Waals surface area contributed by atoms with Crippen molar-refractivity contribution in [1.29, 1.82) is 0 Å². The van der Waals surface area contributed by atoms with Crippen LogP contribution >= 0.6 is 0 Å². The Hall–Kier alpha value is -1.68. The van der Waals surface area contributed by atoms with E-state index < -0.39 is 10.0 Å². The van der Waals surface area contributed by atoms with Gasteiger partial charge in [0, 0.05) is 46.3 Å². The van der Waals surface area contributed by atoms with Gasteiger partial charge in [-0.1, -0.05) is 24.3 Å². The van der Waals surface area contributed by atoms with Gasteiger partial charge in [-0.2, -0.15) is 4.31 Å². The quantitative estimate of drug-likeness (QED) is 0.460. The second-order valence-electron chi connectivity index (χ2n) is 8.08. The molecule has 1 aromatic carbocycles. The third-order valence-electron chi connectivity index (χ3n) is 4.91. The number of hydrogen-bond donors (Lipinski definition) is 1. The molecule has 9 heteroatoms. The molecule has 8 nitrogen and oxygen atoms in total. The summed E-state index contributed by atoms with van der Waals surface area (Å²) in [7, 11) is 2.59. The molecule has 0 amide bonds. The van der Waals surface area contributed by atoms with Crippen LogP contribution in [0.15, 0.2) is 29.3 Å². The van der Waals surface area contributed by atoms with Crippen LogP contribution in [0, 0.1) is 0 Å². The smallest absolute Gasteiger partial charge is 0.216 e. The molecule has 0 aromatic heterocycles. The average Bonchev–Trinajstić information content (AvgIpc) is 2.69. The maximum Gasteiger partial charge on any atom is 0.216 e. The van der Waals surface area contributed by atoms with Crippen LogP contribution in [0.5, 0.6) is 0 Å². The first-order valence-corrected chi connectivity index (χ1v) is 12.1. The molecule has 0 unspecified atom stereocenters. The molecule has 1 heterocycles. The van der Waals surface area contributed by atoms with Gasteiger partial charge in [0.1, 0.15) is 0 Å². The number of rotatable bonds is 9. The Bertz CT molecular complexity index is 770. The summed E-state index contributed by atoms with van der Waals surface area (Å²) in [6.45, 7) is 7.80. The molecule has 30 heavy (non-hydrogen) atoms. The van der Waals surface area contributed by atoms with E-state index in [-0.39, 0.29) is 18.5 Å². The molecule has 1 fully saturated rings. The molecule has 1 saturated heterocycles. The Labute approximate surface area is 181 Å². The molecule has 2 rings (SSSR count). The highest BCUT2D eigenvalue weighted by Gasteiger charge is 2.27. The van der Waals surface area contributed by atoms with Crippen molar-refractivity contribution in [3.8, 4) is 0 Å². The lowest BCUT2D eigenvalue weighted by Crippen LogP contribution is -2.54. The maximum absolute atomic E-state index is 12.5. The van der Waals surface area contributed by atoms with Crippen LogP contribution in [0.2, 0.25) is 0 Å². The molecule has 0 radical (unpaired) electrons. The van der Waals surface area contributed by atoms with Gasteiger partial charge in [-0.15, -0.1) is 0 Å². The summed E-state index contributed by atoms with van der Waals surface area (Å²) in [5.41, 5.74) is 2.47. The van der Waals surface area contributed by atoms with E-state index in [9.17, 15) is 8.42 Å². The molecule has 1 aliphatic heterocycles. The Morgan fingerprint density at radius 2 is 1.73 bits per heavy atom. The maximum atomic E-state index is 12.5. The first kappa shape index (κ1) is 24.6. The molecule has 0 bridgehead atoms. The molecular weight excluding hydrogens is 402 g/mol. The number of nitrogens with one attached hydrogen (secondary N) is 1. The number of guanidine groups is 1. The highest BCUT2D eigenvalue weighted by atomic mass is 32.2. The van der Waals surface area contributed by atoms with Gasteiger partial charge >= 0.3 is 0 Å². The van der Waals surface area contributed by atoms with Gasteiger partial charge in [-0.25, -0.2) is 8.42 Å². The lowest BCUT2D eigenvalue weighted by atomic mass is 10.1. The van der Waals surface area contributed by atoms with Crippen molar-refractivity contribution in [2.75, 3.05) is 59.7 Å². The lowest BCUT2D eigenvalue weighted by Gasteiger charge is -2.35. The number of hydrogen-bond acceptors (Lipinski definition) is 5. The van der Waals surface area contributed by atoms with Crippen molar-refractivity contribution in [1.82, 2.24) is 19.4 Å². The van der Waals surface area contributed by atoms with E-state index in [4.69, 9.17) is 4.74 Å². The molecule has 1 N–H and O–H groups in total. The molecule has 1 aromatic rings. The molecule has 0 atom stereocenters. The summed E-state index contributed by atoms with van der Waals surface area (Å²) >= 11 is 0. The van der Waals surface area contributed by atoms with E-state index in [0.717, 1.165) is 12.5 Å². The van der Waals surface area contributed by atoms with Crippen molar-refractivity contribution in [3.63, 3.8) is 0 Å². The minimum Gasteiger partial charge on any atom is -0.378 e. The SMILES string of the molecule is CN=C(NCc1ccc(CN(C)C)cc1)N1CCN(S(=O)(=O)CCOC(C)C)CC1. The van der Waals surface area contributed by atoms with Crippen LogP contribution in [-0.2, 0) is 27.8 Å². The van der Waals surface area contributed by atoms with Crippen LogP contribution in [0.3, 0.4) is 0 Å². The Kier molecular flexibility index (Phi) is 9.54. The van der Waals surface area contributed by atoms with E-state index in [2.05, 4.69) is 58.5 Å². The zero-order valence-corrected chi connectivity index (χ0v) is 19.8. The van der Waals surface area contributed by atoms with Crippen LogP contribution in [0.4, 0.5) is 0 Å². The number of piperazine rings is 1. The summed E-state index contributed by atoms with van der Waals surface area (Å²) in [6, 6.07) is 8.55. The molecule has 170 valence electrons. The summed E-state index contributed by atoms with van der Waals surface area (Å²) < 4.78 is 32.0. The monoisotopic (exact) mass is 439 g/mol. The van der Waals surface area contributed by atoms with Crippen molar-refractivity contribution in [2.24, 2.45) is 4.99 Å². The van der Waals surface area contributed by atoms with Gasteiger partial charge in [0.2, 0.25) is 10.0 Å². The van der Waals surface area contributed by atoms with Crippen LogP contribution < -0.4 is 5.32 Å². The van der Waals surface area contributed by atoms with E-state index in [1.165, 1.54) is 11.1 Å². The lowest BCUT2D eigenvalue weighted by molar-refractivity contribution is 0.0904. The number of aliphatic imine (C=N–C) groups is 1. The predicted molar refractivity (Wildman–Crippen MR) is 122 cm³/mol. The van der Waals surface area contributed by atoms with E-state index >= 15 is 0 Å². The first-order valence-electron chi connectivity index (χ1n) is 10.5. The second-order valence-corrected chi connectivity index (χ2v) is 10.2. The summed E-state index contributed by atoms with van der Waals surface area (Å²) in [6.07, 6.45) is 0.0376. The average molecular weight is 440 g/mol. The fraction of sp³-hybridized carbons (Fsp3) is 0.667. The molecule has 0 aliphatic carbocycles. The van der Waals surface area contributed by atoms with Crippen LogP contribution in [0.25, 0.3) is 0 Å². The first-order chi connectivity index (χ1) is 14.2. The van der Waals surface area contributed by atoms with Crippen LogP contribution in [-0.4, -0.2) is 94.3 Å². The summed E-state index contributed by atoms with van der Waals surface area (Å²) in [4.78, 5) is 8.63. The van der Waals surface area contributed by atoms with Gasteiger partial charge in [0.15, 0.2) is 5.96 Å². The van der Waals surface area contributed by atoms with Gasteiger partial charge < -0.3 is 19.9 Å². The molecule has 1 aliphatic rings. The van der Waals surface area contributed by atoms with Gasteiger partial charge in [0.25, 0.3) is 0 Å². The van der Waals surface area contributed by atoms with E-state index in [1.54, 1.807) is 11.4 Å². The van der Waals surface area contributed by atoms with E-state index in [0.29, 0.717) is 32.7 Å². The van der Waals surface area contributed by atoms with Crippen molar-refractivity contribution < 1.29 is 13.2 Å². The molecular formula is C21H37N5O3S. The zero-order valence-electron chi connectivity index (χ0n) is 19.0. The zero-order chi connectivity index (χ0) is 22.1. The fourth-order valence-electron chi connectivity index (χ4n) is 3.34. The summed E-state index contributed by atoms with van der Waals surface area (Å²) in [5, 5.41) is 3.39. The number of ether oxygens (including phenoxy) is 1. The standard InChI is InChI=1S/C21H37N5O3S/c1-18(2)29-14-15-30(27,28)26-12-10-25(11-13-26)21(22-3)23-16-19-6-8-20(9-7-19)17-24(4)5/h6-9,18H,10-17H2,1-5H3,(H,22,23).